The van der Waals surface area contributed by atoms with Crippen molar-refractivity contribution in [1.82, 2.24) is 4.90 Å². The molecule has 0 aromatic heterocycles. The number of alkyl halides is 3. The van der Waals surface area contributed by atoms with Crippen LogP contribution in [0.4, 0.5) is 13.2 Å². The average Bonchev–Trinajstić information content (AvgIpc) is 2.58. The van der Waals surface area contributed by atoms with E-state index >= 15 is 0 Å². The lowest BCUT2D eigenvalue weighted by Gasteiger charge is -2.33. The molecule has 1 aromatic rings. The van der Waals surface area contributed by atoms with E-state index in [2.05, 4.69) is 0 Å². The maximum atomic E-state index is 12.5. The Labute approximate surface area is 141 Å². The van der Waals surface area contributed by atoms with Crippen molar-refractivity contribution < 1.29 is 32.3 Å². The van der Waals surface area contributed by atoms with Crippen LogP contribution >= 0.6 is 0 Å². The molecular weight excluding hydrogens is 341 g/mol. The Kier molecular flexibility index (Phi) is 5.66. The zero-order valence-electron chi connectivity index (χ0n) is 13.2. The largest absolute Gasteiger partial charge is 0.452 e. The molecule has 0 saturated carbocycles. The summed E-state index contributed by atoms with van der Waals surface area (Å²) < 4.78 is 42.3. The monoisotopic (exact) mass is 358 g/mol. The quantitative estimate of drug-likeness (QED) is 0.830. The first-order chi connectivity index (χ1) is 11.7. The number of ether oxygens (including phenoxy) is 1. The van der Waals surface area contributed by atoms with Gasteiger partial charge in [-0.1, -0.05) is 0 Å². The maximum absolute atomic E-state index is 12.5. The van der Waals surface area contributed by atoms with Gasteiger partial charge in [0.25, 0.3) is 5.91 Å². The van der Waals surface area contributed by atoms with Gasteiger partial charge in [0, 0.05) is 6.54 Å². The number of piperidine rings is 1. The number of nitrogens with two attached hydrogens (primary N) is 1. The number of carbonyl (C=O) groups is 3. The molecule has 25 heavy (non-hydrogen) atoms. The second kappa shape index (κ2) is 7.54. The Morgan fingerprint density at radius 2 is 1.80 bits per heavy atom. The summed E-state index contributed by atoms with van der Waals surface area (Å²) in [6.45, 7) is -0.270. The fourth-order valence-corrected chi connectivity index (χ4v) is 2.61. The number of amides is 2. The molecule has 0 radical (unpaired) electrons. The summed E-state index contributed by atoms with van der Waals surface area (Å²) in [6, 6.07) is 2.73. The van der Waals surface area contributed by atoms with Gasteiger partial charge in [0.15, 0.2) is 6.61 Å². The summed E-state index contributed by atoms with van der Waals surface area (Å²) in [4.78, 5) is 36.6. The number of halogens is 3. The molecule has 1 saturated heterocycles. The highest BCUT2D eigenvalue weighted by molar-refractivity contribution is 5.92. The number of primary amides is 1. The highest BCUT2D eigenvalue weighted by Gasteiger charge is 2.32. The summed E-state index contributed by atoms with van der Waals surface area (Å²) >= 11 is 0. The Morgan fingerprint density at radius 1 is 1.16 bits per heavy atom. The van der Waals surface area contributed by atoms with E-state index in [1.165, 1.54) is 4.90 Å². The number of hydrogen-bond donors (Lipinski definition) is 1. The van der Waals surface area contributed by atoms with Crippen LogP contribution < -0.4 is 5.73 Å². The van der Waals surface area contributed by atoms with Gasteiger partial charge in [-0.25, -0.2) is 4.79 Å². The molecule has 1 fully saturated rings. The van der Waals surface area contributed by atoms with Crippen LogP contribution in [0.25, 0.3) is 0 Å². The number of nitrogens with zero attached hydrogens (tertiary/aromatic N) is 1. The number of benzene rings is 1. The molecule has 2 rings (SSSR count). The highest BCUT2D eigenvalue weighted by atomic mass is 19.4. The topological polar surface area (TPSA) is 89.7 Å². The Balaban J connectivity index is 1.94. The van der Waals surface area contributed by atoms with Crippen molar-refractivity contribution in [2.24, 2.45) is 5.73 Å². The second-order valence-electron chi connectivity index (χ2n) is 5.65. The van der Waals surface area contributed by atoms with Crippen molar-refractivity contribution in [3.63, 3.8) is 0 Å². The molecule has 0 bridgehead atoms. The van der Waals surface area contributed by atoms with Gasteiger partial charge in [-0.3, -0.25) is 9.59 Å². The van der Waals surface area contributed by atoms with Crippen molar-refractivity contribution in [1.29, 1.82) is 0 Å². The molecule has 9 heteroatoms. The molecule has 6 nitrogen and oxygen atoms in total. The zero-order chi connectivity index (χ0) is 18.6. The third-order valence-corrected chi connectivity index (χ3v) is 3.93. The molecule has 1 atom stereocenters. The van der Waals surface area contributed by atoms with E-state index in [1.807, 2.05) is 0 Å². The first-order valence-electron chi connectivity index (χ1n) is 7.63. The minimum absolute atomic E-state index is 0.106. The van der Waals surface area contributed by atoms with Gasteiger partial charge in [0.05, 0.1) is 11.1 Å². The molecule has 0 unspecified atom stereocenters. The summed E-state index contributed by atoms with van der Waals surface area (Å²) in [5.74, 6) is -2.11. The predicted octanol–water partition coefficient (Wildman–Crippen LogP) is 1.73. The van der Waals surface area contributed by atoms with Crippen LogP contribution in [0, 0.1) is 0 Å². The minimum atomic E-state index is -4.50. The van der Waals surface area contributed by atoms with Gasteiger partial charge in [0.2, 0.25) is 5.91 Å². The maximum Gasteiger partial charge on any atom is 0.416 e. The molecule has 2 amide bonds. The Morgan fingerprint density at radius 3 is 2.36 bits per heavy atom. The fourth-order valence-electron chi connectivity index (χ4n) is 2.61. The molecular formula is C16H17F3N2O4. The standard InChI is InChI=1S/C16H17F3N2O4/c17-16(18,19)11-6-4-10(5-7-11)15(24)25-9-13(22)21-8-2-1-3-12(21)14(20)23/h4-7,12H,1-3,8-9H2,(H2,20,23)/t12-/m1/s1. The smallest absolute Gasteiger partial charge is 0.416 e. The van der Waals surface area contributed by atoms with Crippen molar-refractivity contribution in [3.8, 4) is 0 Å². The number of esters is 1. The van der Waals surface area contributed by atoms with E-state index in [9.17, 15) is 27.6 Å². The molecule has 1 aliphatic rings. The molecule has 1 aromatic carbocycles. The average molecular weight is 358 g/mol. The normalized spacial score (nSPS) is 17.9. The lowest BCUT2D eigenvalue weighted by molar-refractivity contribution is -0.143. The van der Waals surface area contributed by atoms with Crippen LogP contribution in [-0.4, -0.2) is 41.9 Å². The van der Waals surface area contributed by atoms with E-state index in [0.29, 0.717) is 19.4 Å². The zero-order valence-corrected chi connectivity index (χ0v) is 13.2. The van der Waals surface area contributed by atoms with Gasteiger partial charge in [-0.05, 0) is 43.5 Å². The third kappa shape index (κ3) is 4.71. The Bertz CT molecular complexity index is 658. The van der Waals surface area contributed by atoms with E-state index in [4.69, 9.17) is 10.5 Å². The fraction of sp³-hybridized carbons (Fsp3) is 0.438. The van der Waals surface area contributed by atoms with E-state index in [0.717, 1.165) is 30.7 Å². The lowest BCUT2D eigenvalue weighted by Crippen LogP contribution is -2.51. The van der Waals surface area contributed by atoms with Crippen LogP contribution in [0.3, 0.4) is 0 Å². The first-order valence-corrected chi connectivity index (χ1v) is 7.63. The first kappa shape index (κ1) is 18.8. The molecule has 2 N–H and O–H groups in total. The summed E-state index contributed by atoms with van der Waals surface area (Å²) in [7, 11) is 0. The summed E-state index contributed by atoms with van der Waals surface area (Å²) in [6.07, 6.45) is -2.57. The third-order valence-electron chi connectivity index (χ3n) is 3.93. The second-order valence-corrected chi connectivity index (χ2v) is 5.65. The van der Waals surface area contributed by atoms with Crippen LogP contribution in [0.2, 0.25) is 0 Å². The van der Waals surface area contributed by atoms with Gasteiger partial charge in [0.1, 0.15) is 6.04 Å². The van der Waals surface area contributed by atoms with Gasteiger partial charge in [-0.2, -0.15) is 13.2 Å². The number of hydrogen-bond acceptors (Lipinski definition) is 4. The molecule has 136 valence electrons. The number of rotatable bonds is 4. The molecule has 0 spiro atoms. The number of likely N-dealkylation sites (tertiary alicyclic amines) is 1. The molecule has 1 heterocycles. The number of carbonyl (C=O) groups excluding carboxylic acids is 3. The molecule has 1 aliphatic heterocycles. The predicted molar refractivity (Wildman–Crippen MR) is 80.3 cm³/mol. The van der Waals surface area contributed by atoms with Gasteiger partial charge < -0.3 is 15.4 Å². The minimum Gasteiger partial charge on any atom is -0.452 e. The van der Waals surface area contributed by atoms with Crippen LogP contribution in [0.5, 0.6) is 0 Å². The SMILES string of the molecule is NC(=O)[C@H]1CCCCN1C(=O)COC(=O)c1ccc(C(F)(F)F)cc1. The van der Waals surface area contributed by atoms with Crippen LogP contribution in [-0.2, 0) is 20.5 Å². The highest BCUT2D eigenvalue weighted by Crippen LogP contribution is 2.29. The van der Waals surface area contributed by atoms with Gasteiger partial charge in [-0.15, -0.1) is 0 Å². The lowest BCUT2D eigenvalue weighted by atomic mass is 10.0. The summed E-state index contributed by atoms with van der Waals surface area (Å²) in [5, 5.41) is 0. The van der Waals surface area contributed by atoms with Crippen LogP contribution in [0.1, 0.15) is 35.2 Å². The Hall–Kier alpha value is -2.58. The van der Waals surface area contributed by atoms with Crippen molar-refractivity contribution in [2.45, 2.75) is 31.5 Å². The van der Waals surface area contributed by atoms with Crippen molar-refractivity contribution in [2.75, 3.05) is 13.2 Å². The summed E-state index contributed by atoms with van der Waals surface area (Å²) in [5.41, 5.74) is 4.26. The van der Waals surface area contributed by atoms with E-state index in [1.54, 1.807) is 0 Å². The van der Waals surface area contributed by atoms with Crippen molar-refractivity contribution >= 4 is 17.8 Å². The van der Waals surface area contributed by atoms with Gasteiger partial charge >= 0.3 is 12.1 Å². The van der Waals surface area contributed by atoms with Crippen molar-refractivity contribution in [3.05, 3.63) is 35.4 Å². The van der Waals surface area contributed by atoms with Crippen LogP contribution in [0.15, 0.2) is 24.3 Å². The molecule has 0 aliphatic carbocycles. The van der Waals surface area contributed by atoms with E-state index in [-0.39, 0.29) is 5.56 Å². The van der Waals surface area contributed by atoms with E-state index < -0.39 is 42.2 Å².